The fraction of sp³-hybridized carbons (Fsp3) is 0.0588. The highest BCUT2D eigenvalue weighted by Gasteiger charge is 2.11. The van der Waals surface area contributed by atoms with Gasteiger partial charge in [0.15, 0.2) is 0 Å². The van der Waals surface area contributed by atoms with Gasteiger partial charge in [0.25, 0.3) is 5.91 Å². The van der Waals surface area contributed by atoms with Crippen molar-refractivity contribution in [1.82, 2.24) is 4.98 Å². The molecule has 6 heteroatoms. The van der Waals surface area contributed by atoms with Gasteiger partial charge in [-0.2, -0.15) is 0 Å². The molecule has 1 amide bonds. The summed E-state index contributed by atoms with van der Waals surface area (Å²) in [4.78, 5) is 16.4. The van der Waals surface area contributed by atoms with Gasteiger partial charge in [-0.3, -0.25) is 4.79 Å². The summed E-state index contributed by atoms with van der Waals surface area (Å²) in [5.41, 5.74) is 1.12. The van der Waals surface area contributed by atoms with Crippen LogP contribution in [0.25, 0.3) is 0 Å². The molecule has 0 aliphatic rings. The maximum Gasteiger partial charge on any atom is 0.275 e. The van der Waals surface area contributed by atoms with Gasteiger partial charge >= 0.3 is 0 Å². The first-order chi connectivity index (χ1) is 11.2. The van der Waals surface area contributed by atoms with Crippen LogP contribution in [0.4, 0.5) is 5.69 Å². The molecule has 0 unspecified atom stereocenters. The summed E-state index contributed by atoms with van der Waals surface area (Å²) in [7, 11) is 0. The molecule has 0 spiro atoms. The number of nitrogens with one attached hydrogen (secondary N) is 1. The maximum atomic E-state index is 12.1. The minimum Gasteiger partial charge on any atom is -0.486 e. The van der Waals surface area contributed by atoms with Crippen molar-refractivity contribution in [2.75, 3.05) is 5.32 Å². The van der Waals surface area contributed by atoms with Crippen molar-refractivity contribution >= 4 is 34.5 Å². The van der Waals surface area contributed by atoms with E-state index >= 15 is 0 Å². The first-order valence-electron chi connectivity index (χ1n) is 6.90. The molecule has 3 rings (SSSR count). The molecule has 1 N–H and O–H groups in total. The third-order valence-corrected chi connectivity index (χ3v) is 4.03. The van der Waals surface area contributed by atoms with Crippen LogP contribution in [0.2, 0.25) is 5.02 Å². The van der Waals surface area contributed by atoms with E-state index in [0.29, 0.717) is 23.1 Å². The van der Waals surface area contributed by atoms with Crippen molar-refractivity contribution in [3.05, 3.63) is 75.7 Å². The number of rotatable bonds is 5. The number of amides is 1. The molecule has 2 aromatic carbocycles. The van der Waals surface area contributed by atoms with Crippen LogP contribution in [-0.2, 0) is 6.61 Å². The molecule has 1 aromatic heterocycles. The van der Waals surface area contributed by atoms with E-state index in [0.717, 1.165) is 10.7 Å². The third-order valence-electron chi connectivity index (χ3n) is 2.97. The number of carbonyl (C=O) groups is 1. The van der Waals surface area contributed by atoms with E-state index in [1.54, 1.807) is 17.5 Å². The van der Waals surface area contributed by atoms with Crippen LogP contribution in [0.3, 0.4) is 0 Å². The van der Waals surface area contributed by atoms with Crippen LogP contribution < -0.4 is 10.1 Å². The Hall–Kier alpha value is -2.37. The van der Waals surface area contributed by atoms with Crippen LogP contribution in [0.5, 0.6) is 5.75 Å². The zero-order chi connectivity index (χ0) is 16.1. The molecule has 0 saturated heterocycles. The van der Waals surface area contributed by atoms with E-state index in [2.05, 4.69) is 10.3 Å². The molecule has 3 aromatic rings. The third kappa shape index (κ3) is 4.31. The Kier molecular flexibility index (Phi) is 4.90. The molecule has 1 heterocycles. The molecule has 0 bridgehead atoms. The number of thiazole rings is 1. The summed E-state index contributed by atoms with van der Waals surface area (Å²) < 4.78 is 5.62. The second kappa shape index (κ2) is 7.26. The molecule has 0 atom stereocenters. The summed E-state index contributed by atoms with van der Waals surface area (Å²) in [6.07, 6.45) is 0. The lowest BCUT2D eigenvalue weighted by Crippen LogP contribution is -2.12. The van der Waals surface area contributed by atoms with Crippen LogP contribution >= 0.6 is 22.9 Å². The SMILES string of the molecule is O=C(Nc1ccccc1)c1csc(COc2cccc(Cl)c2)n1. The standard InChI is InChI=1S/C17H13ClN2O2S/c18-12-5-4-8-14(9-12)22-10-16-20-15(11-23-16)17(21)19-13-6-2-1-3-7-13/h1-9,11H,10H2,(H,19,21). The average Bonchev–Trinajstić information content (AvgIpc) is 3.03. The largest absolute Gasteiger partial charge is 0.486 e. The average molecular weight is 345 g/mol. The molecule has 0 aliphatic heterocycles. The molecule has 0 aliphatic carbocycles. The number of anilines is 1. The van der Waals surface area contributed by atoms with Crippen LogP contribution in [0.1, 0.15) is 15.5 Å². The highest BCUT2D eigenvalue weighted by atomic mass is 35.5. The summed E-state index contributed by atoms with van der Waals surface area (Å²) in [5, 5.41) is 5.86. The Morgan fingerprint density at radius 2 is 2.00 bits per heavy atom. The number of para-hydroxylation sites is 1. The van der Waals surface area contributed by atoms with Gasteiger partial charge in [-0.15, -0.1) is 11.3 Å². The second-order valence-corrected chi connectivity index (χ2v) is 6.07. The lowest BCUT2D eigenvalue weighted by Gasteiger charge is -2.04. The first-order valence-corrected chi connectivity index (χ1v) is 8.15. The van der Waals surface area contributed by atoms with Crippen molar-refractivity contribution in [3.8, 4) is 5.75 Å². The van der Waals surface area contributed by atoms with Crippen LogP contribution in [0.15, 0.2) is 60.0 Å². The van der Waals surface area contributed by atoms with E-state index in [-0.39, 0.29) is 5.91 Å². The van der Waals surface area contributed by atoms with Crippen molar-refractivity contribution < 1.29 is 9.53 Å². The van der Waals surface area contributed by atoms with Crippen molar-refractivity contribution in [2.24, 2.45) is 0 Å². The predicted octanol–water partition coefficient (Wildman–Crippen LogP) is 4.63. The fourth-order valence-corrected chi connectivity index (χ4v) is 2.77. The predicted molar refractivity (Wildman–Crippen MR) is 92.3 cm³/mol. The van der Waals surface area contributed by atoms with Gasteiger partial charge in [0.1, 0.15) is 23.1 Å². The van der Waals surface area contributed by atoms with Gasteiger partial charge in [-0.1, -0.05) is 35.9 Å². The first kappa shape index (κ1) is 15.5. The highest BCUT2D eigenvalue weighted by molar-refractivity contribution is 7.09. The Balaban J connectivity index is 1.60. The van der Waals surface area contributed by atoms with Gasteiger partial charge in [-0.05, 0) is 30.3 Å². The Morgan fingerprint density at radius 3 is 2.78 bits per heavy atom. The summed E-state index contributed by atoms with van der Waals surface area (Å²) in [5.74, 6) is 0.435. The molecule has 4 nitrogen and oxygen atoms in total. The number of hydrogen-bond acceptors (Lipinski definition) is 4. The summed E-state index contributed by atoms with van der Waals surface area (Å²) >= 11 is 7.29. The fourth-order valence-electron chi connectivity index (χ4n) is 1.90. The minimum atomic E-state index is -0.235. The van der Waals surface area contributed by atoms with Crippen LogP contribution in [-0.4, -0.2) is 10.9 Å². The zero-order valence-electron chi connectivity index (χ0n) is 12.0. The van der Waals surface area contributed by atoms with E-state index in [4.69, 9.17) is 16.3 Å². The molecule has 116 valence electrons. The van der Waals surface area contributed by atoms with Crippen molar-refractivity contribution in [1.29, 1.82) is 0 Å². The number of benzene rings is 2. The lowest BCUT2D eigenvalue weighted by molar-refractivity contribution is 0.102. The van der Waals surface area contributed by atoms with Crippen molar-refractivity contribution in [3.63, 3.8) is 0 Å². The Labute approximate surface area is 142 Å². The van der Waals surface area contributed by atoms with Gasteiger partial charge < -0.3 is 10.1 Å². The smallest absolute Gasteiger partial charge is 0.275 e. The van der Waals surface area contributed by atoms with E-state index in [9.17, 15) is 4.79 Å². The lowest BCUT2D eigenvalue weighted by atomic mass is 10.3. The number of halogens is 1. The quantitative estimate of drug-likeness (QED) is 0.734. The molecule has 0 fully saturated rings. The van der Waals surface area contributed by atoms with E-state index in [1.165, 1.54) is 11.3 Å². The Bertz CT molecular complexity index is 805. The molecule has 0 radical (unpaired) electrons. The maximum absolute atomic E-state index is 12.1. The molecular weight excluding hydrogens is 332 g/mol. The number of nitrogens with zero attached hydrogens (tertiary/aromatic N) is 1. The Morgan fingerprint density at radius 1 is 1.17 bits per heavy atom. The van der Waals surface area contributed by atoms with E-state index < -0.39 is 0 Å². The topological polar surface area (TPSA) is 51.2 Å². The van der Waals surface area contributed by atoms with Crippen LogP contribution in [0, 0.1) is 0 Å². The second-order valence-electron chi connectivity index (χ2n) is 4.69. The molecule has 23 heavy (non-hydrogen) atoms. The summed E-state index contributed by atoms with van der Waals surface area (Å²) in [6, 6.07) is 16.4. The van der Waals surface area contributed by atoms with Crippen molar-refractivity contribution in [2.45, 2.75) is 6.61 Å². The number of carbonyl (C=O) groups excluding carboxylic acids is 1. The number of hydrogen-bond donors (Lipinski definition) is 1. The number of ether oxygens (including phenoxy) is 1. The van der Waals surface area contributed by atoms with Gasteiger partial charge in [-0.25, -0.2) is 4.98 Å². The highest BCUT2D eigenvalue weighted by Crippen LogP contribution is 2.19. The summed E-state index contributed by atoms with van der Waals surface area (Å²) in [6.45, 7) is 0.295. The van der Waals surface area contributed by atoms with E-state index in [1.807, 2.05) is 42.5 Å². The monoisotopic (exact) mass is 344 g/mol. The molecular formula is C17H13ClN2O2S. The number of aromatic nitrogens is 1. The van der Waals surface area contributed by atoms with Gasteiger partial charge in [0, 0.05) is 16.1 Å². The molecule has 0 saturated carbocycles. The van der Waals surface area contributed by atoms with Gasteiger partial charge in [0.2, 0.25) is 0 Å². The minimum absolute atomic E-state index is 0.235. The normalized spacial score (nSPS) is 10.3. The van der Waals surface area contributed by atoms with Gasteiger partial charge in [0.05, 0.1) is 0 Å². The zero-order valence-corrected chi connectivity index (χ0v) is 13.6.